The Kier molecular flexibility index (Phi) is 6.42. The quantitative estimate of drug-likeness (QED) is 0.321. The molecule has 2 aromatic heterocycles. The molecule has 11 heteroatoms. The van der Waals surface area contributed by atoms with Gasteiger partial charge in [-0.2, -0.15) is 10.1 Å². The fraction of sp³-hybridized carbons (Fsp3) is 0.217. The van der Waals surface area contributed by atoms with Crippen molar-refractivity contribution >= 4 is 34.9 Å². The molecule has 0 saturated heterocycles. The van der Waals surface area contributed by atoms with Gasteiger partial charge >= 0.3 is 5.69 Å². The number of nitrogens with zero attached hydrogens (tertiary/aromatic N) is 5. The van der Waals surface area contributed by atoms with Crippen LogP contribution in [-0.4, -0.2) is 39.1 Å². The van der Waals surface area contributed by atoms with Gasteiger partial charge in [-0.3, -0.25) is 13.9 Å². The standard InChI is InChI=1S/C23H23ClN6O4/c1-28-19-20(26-22(28)27-25-12-15-8-9-17(33-3)11-18(15)34-4)29(2)23(32)30(21(19)31)13-14-6-5-7-16(24)10-14/h5-12H,13H2,1-4H3,(H,26,27). The molecule has 0 aliphatic rings. The van der Waals surface area contributed by atoms with Crippen LogP contribution in [0.25, 0.3) is 11.2 Å². The number of aryl methyl sites for hydroxylation is 2. The summed E-state index contributed by atoms with van der Waals surface area (Å²) in [4.78, 5) is 30.5. The van der Waals surface area contributed by atoms with Gasteiger partial charge < -0.3 is 14.0 Å². The second kappa shape index (κ2) is 9.44. The Hall–Kier alpha value is -4.05. The van der Waals surface area contributed by atoms with Gasteiger partial charge in [0.2, 0.25) is 5.95 Å². The first-order valence-corrected chi connectivity index (χ1v) is 10.6. The highest BCUT2D eigenvalue weighted by Gasteiger charge is 2.18. The molecule has 4 rings (SSSR count). The lowest BCUT2D eigenvalue weighted by Crippen LogP contribution is -2.39. The van der Waals surface area contributed by atoms with Gasteiger partial charge in [0.15, 0.2) is 11.2 Å². The molecule has 1 N–H and O–H groups in total. The molecule has 0 spiro atoms. The van der Waals surface area contributed by atoms with Gasteiger partial charge in [-0.15, -0.1) is 0 Å². The highest BCUT2D eigenvalue weighted by atomic mass is 35.5. The number of fused-ring (bicyclic) bond motifs is 1. The summed E-state index contributed by atoms with van der Waals surface area (Å²) in [5.41, 5.74) is 3.87. The molecule has 4 aromatic rings. The predicted octanol–water partition coefficient (Wildman–Crippen LogP) is 2.60. The lowest BCUT2D eigenvalue weighted by molar-refractivity contribution is 0.394. The molecule has 2 heterocycles. The topological polar surface area (TPSA) is 105 Å². The number of rotatable bonds is 7. The van der Waals surface area contributed by atoms with Crippen LogP contribution >= 0.6 is 11.6 Å². The maximum Gasteiger partial charge on any atom is 0.332 e. The number of hydrazone groups is 1. The molecule has 0 radical (unpaired) electrons. The molecule has 2 aromatic carbocycles. The minimum atomic E-state index is -0.478. The number of nitrogens with one attached hydrogen (secondary N) is 1. The monoisotopic (exact) mass is 482 g/mol. The third kappa shape index (κ3) is 4.27. The van der Waals surface area contributed by atoms with E-state index in [4.69, 9.17) is 21.1 Å². The number of hydrogen-bond donors (Lipinski definition) is 1. The molecule has 0 amide bonds. The number of halogens is 1. The number of aromatic nitrogens is 4. The van der Waals surface area contributed by atoms with Crippen LogP contribution in [0.2, 0.25) is 5.02 Å². The van der Waals surface area contributed by atoms with E-state index in [1.165, 1.54) is 4.57 Å². The molecule has 0 saturated carbocycles. The molecular formula is C23H23ClN6O4. The largest absolute Gasteiger partial charge is 0.497 e. The highest BCUT2D eigenvalue weighted by molar-refractivity contribution is 6.30. The van der Waals surface area contributed by atoms with E-state index in [0.717, 1.165) is 10.1 Å². The zero-order chi connectivity index (χ0) is 24.4. The molecule has 0 fully saturated rings. The van der Waals surface area contributed by atoms with Crippen LogP contribution in [0, 0.1) is 0 Å². The fourth-order valence-electron chi connectivity index (χ4n) is 3.59. The number of imidazole rings is 1. The summed E-state index contributed by atoms with van der Waals surface area (Å²) in [6, 6.07) is 12.4. The lowest BCUT2D eigenvalue weighted by atomic mass is 10.2. The molecule has 176 valence electrons. The van der Waals surface area contributed by atoms with Crippen LogP contribution in [0.3, 0.4) is 0 Å². The Balaban J connectivity index is 1.70. The van der Waals surface area contributed by atoms with Crippen LogP contribution in [0.4, 0.5) is 5.95 Å². The molecule has 0 bridgehead atoms. The van der Waals surface area contributed by atoms with Crippen molar-refractivity contribution in [3.63, 3.8) is 0 Å². The fourth-order valence-corrected chi connectivity index (χ4v) is 3.80. The second-order valence-electron chi connectivity index (χ2n) is 7.51. The zero-order valence-electron chi connectivity index (χ0n) is 19.1. The average molecular weight is 483 g/mol. The van der Waals surface area contributed by atoms with Crippen molar-refractivity contribution in [1.29, 1.82) is 0 Å². The van der Waals surface area contributed by atoms with Gasteiger partial charge in [0.25, 0.3) is 5.56 Å². The predicted molar refractivity (Wildman–Crippen MR) is 132 cm³/mol. The first-order valence-electron chi connectivity index (χ1n) is 10.3. The summed E-state index contributed by atoms with van der Waals surface area (Å²) in [7, 11) is 6.38. The van der Waals surface area contributed by atoms with E-state index in [2.05, 4.69) is 15.5 Å². The Morgan fingerprint density at radius 1 is 1.09 bits per heavy atom. The number of anilines is 1. The zero-order valence-corrected chi connectivity index (χ0v) is 19.8. The van der Waals surface area contributed by atoms with E-state index in [9.17, 15) is 9.59 Å². The number of benzene rings is 2. The summed E-state index contributed by atoms with van der Waals surface area (Å²) in [6.45, 7) is 0.0887. The van der Waals surface area contributed by atoms with Gasteiger partial charge in [0, 0.05) is 30.7 Å². The van der Waals surface area contributed by atoms with Crippen molar-refractivity contribution in [2.24, 2.45) is 19.2 Å². The first kappa shape index (κ1) is 23.1. The highest BCUT2D eigenvalue weighted by Crippen LogP contribution is 2.23. The van der Waals surface area contributed by atoms with E-state index < -0.39 is 11.2 Å². The van der Waals surface area contributed by atoms with Gasteiger partial charge in [-0.05, 0) is 29.8 Å². The summed E-state index contributed by atoms with van der Waals surface area (Å²) in [5, 5.41) is 4.75. The van der Waals surface area contributed by atoms with Crippen molar-refractivity contribution in [3.05, 3.63) is 79.5 Å². The van der Waals surface area contributed by atoms with Crippen molar-refractivity contribution in [3.8, 4) is 11.5 Å². The van der Waals surface area contributed by atoms with E-state index in [0.29, 0.717) is 28.0 Å². The van der Waals surface area contributed by atoms with Gasteiger partial charge in [0.1, 0.15) is 11.5 Å². The summed E-state index contributed by atoms with van der Waals surface area (Å²) < 4.78 is 14.6. The smallest absolute Gasteiger partial charge is 0.332 e. The van der Waals surface area contributed by atoms with Gasteiger partial charge in [-0.1, -0.05) is 23.7 Å². The van der Waals surface area contributed by atoms with Crippen molar-refractivity contribution in [2.75, 3.05) is 19.6 Å². The third-order valence-corrected chi connectivity index (χ3v) is 5.63. The summed E-state index contributed by atoms with van der Waals surface area (Å²) in [5.74, 6) is 1.54. The van der Waals surface area contributed by atoms with E-state index in [1.54, 1.807) is 81.6 Å². The molecular weight excluding hydrogens is 460 g/mol. The molecule has 0 unspecified atom stereocenters. The Labute approximate surface area is 199 Å². The van der Waals surface area contributed by atoms with Gasteiger partial charge in [-0.25, -0.2) is 10.2 Å². The van der Waals surface area contributed by atoms with E-state index >= 15 is 0 Å². The van der Waals surface area contributed by atoms with E-state index in [-0.39, 0.29) is 17.7 Å². The molecule has 0 atom stereocenters. The maximum atomic E-state index is 13.2. The molecule has 34 heavy (non-hydrogen) atoms. The lowest BCUT2D eigenvalue weighted by Gasteiger charge is -2.09. The first-order chi connectivity index (χ1) is 16.3. The maximum absolute atomic E-state index is 13.2. The Morgan fingerprint density at radius 3 is 2.59 bits per heavy atom. The van der Waals surface area contributed by atoms with Gasteiger partial charge in [0.05, 0.1) is 27.0 Å². The van der Waals surface area contributed by atoms with Crippen LogP contribution in [-0.2, 0) is 20.6 Å². The Bertz CT molecular complexity index is 1520. The minimum absolute atomic E-state index is 0.0887. The Morgan fingerprint density at radius 2 is 1.88 bits per heavy atom. The molecule has 0 aliphatic heterocycles. The number of ether oxygens (including phenoxy) is 2. The normalized spacial score (nSPS) is 11.3. The number of methoxy groups -OCH3 is 2. The third-order valence-electron chi connectivity index (χ3n) is 5.40. The number of hydrogen-bond acceptors (Lipinski definition) is 7. The second-order valence-corrected chi connectivity index (χ2v) is 7.94. The summed E-state index contributed by atoms with van der Waals surface area (Å²) in [6.07, 6.45) is 1.56. The van der Waals surface area contributed by atoms with Crippen LogP contribution < -0.4 is 26.1 Å². The van der Waals surface area contributed by atoms with Crippen molar-refractivity contribution in [2.45, 2.75) is 6.54 Å². The van der Waals surface area contributed by atoms with Crippen molar-refractivity contribution < 1.29 is 9.47 Å². The molecule has 0 aliphatic carbocycles. The average Bonchev–Trinajstić information content (AvgIpc) is 3.17. The van der Waals surface area contributed by atoms with Crippen LogP contribution in [0.15, 0.2) is 57.2 Å². The van der Waals surface area contributed by atoms with E-state index in [1.807, 2.05) is 0 Å². The minimum Gasteiger partial charge on any atom is -0.497 e. The van der Waals surface area contributed by atoms with Crippen molar-refractivity contribution in [1.82, 2.24) is 18.7 Å². The summed E-state index contributed by atoms with van der Waals surface area (Å²) >= 11 is 6.05. The molecule has 10 nitrogen and oxygen atoms in total. The SMILES string of the molecule is COc1ccc(C=NNc2nc3c(c(=O)n(Cc4cccc(Cl)c4)c(=O)n3C)n2C)c(OC)c1. The van der Waals surface area contributed by atoms with Crippen LogP contribution in [0.5, 0.6) is 11.5 Å². The van der Waals surface area contributed by atoms with Crippen LogP contribution in [0.1, 0.15) is 11.1 Å².